The highest BCUT2D eigenvalue weighted by molar-refractivity contribution is 5.96. The molecule has 0 saturated heterocycles. The fourth-order valence-corrected chi connectivity index (χ4v) is 1.76. The summed E-state index contributed by atoms with van der Waals surface area (Å²) in [5.41, 5.74) is 1.97. The summed E-state index contributed by atoms with van der Waals surface area (Å²) in [5.74, 6) is 0.296. The largest absolute Gasteiger partial charge is 0.361 e. The van der Waals surface area contributed by atoms with Crippen LogP contribution < -0.4 is 5.32 Å². The molecule has 0 spiro atoms. The summed E-state index contributed by atoms with van der Waals surface area (Å²) in [6.45, 7) is 0. The molecule has 1 N–H and O–H groups in total. The molecule has 1 saturated carbocycles. The van der Waals surface area contributed by atoms with Gasteiger partial charge < -0.3 is 5.32 Å². The predicted octanol–water partition coefficient (Wildman–Crippen LogP) is 3.13. The summed E-state index contributed by atoms with van der Waals surface area (Å²) >= 11 is 0. The van der Waals surface area contributed by atoms with Gasteiger partial charge in [0.15, 0.2) is 5.78 Å². The number of benzene rings is 1. The van der Waals surface area contributed by atoms with E-state index in [-0.39, 0.29) is 0 Å². The average molecular weight is 201 g/mol. The normalized spacial score (nSPS) is 19.2. The Balaban J connectivity index is 2.01. The number of carbonyl (C=O) groups excluding carboxylic acids is 1. The Bertz CT molecular complexity index is 367. The molecule has 1 aliphatic rings. The van der Waals surface area contributed by atoms with E-state index in [9.17, 15) is 4.79 Å². The van der Waals surface area contributed by atoms with Gasteiger partial charge in [-0.05, 0) is 31.4 Å². The first-order valence-corrected chi connectivity index (χ1v) is 5.40. The molecule has 0 radical (unpaired) electrons. The topological polar surface area (TPSA) is 29.1 Å². The van der Waals surface area contributed by atoms with Crippen molar-refractivity contribution in [3.63, 3.8) is 0 Å². The van der Waals surface area contributed by atoms with Crippen LogP contribution in [-0.4, -0.2) is 5.78 Å². The minimum Gasteiger partial charge on any atom is -0.361 e. The molecule has 2 nitrogen and oxygen atoms in total. The van der Waals surface area contributed by atoms with Gasteiger partial charge >= 0.3 is 0 Å². The van der Waals surface area contributed by atoms with Gasteiger partial charge in [0.2, 0.25) is 0 Å². The van der Waals surface area contributed by atoms with E-state index in [1.165, 1.54) is 0 Å². The molecule has 2 heteroatoms. The molecule has 1 aliphatic carbocycles. The van der Waals surface area contributed by atoms with E-state index >= 15 is 0 Å². The van der Waals surface area contributed by atoms with E-state index in [1.807, 2.05) is 36.5 Å². The summed E-state index contributed by atoms with van der Waals surface area (Å²) in [6, 6.07) is 9.91. The fraction of sp³-hybridized carbons (Fsp3) is 0.308. The van der Waals surface area contributed by atoms with Gasteiger partial charge in [-0.15, -0.1) is 0 Å². The number of hydrogen-bond acceptors (Lipinski definition) is 2. The van der Waals surface area contributed by atoms with Crippen LogP contribution in [0.3, 0.4) is 0 Å². The molecule has 2 rings (SSSR count). The Hall–Kier alpha value is -1.57. The first kappa shape index (κ1) is 9.97. The third kappa shape index (κ3) is 2.69. The van der Waals surface area contributed by atoms with Crippen LogP contribution in [-0.2, 0) is 4.79 Å². The monoisotopic (exact) mass is 201 g/mol. The van der Waals surface area contributed by atoms with Crippen molar-refractivity contribution in [2.24, 2.45) is 0 Å². The third-order valence-corrected chi connectivity index (χ3v) is 2.64. The Morgan fingerprint density at radius 2 is 1.80 bits per heavy atom. The van der Waals surface area contributed by atoms with Crippen LogP contribution >= 0.6 is 0 Å². The summed E-state index contributed by atoms with van der Waals surface area (Å²) in [5, 5.41) is 3.16. The van der Waals surface area contributed by atoms with Crippen LogP contribution in [0.5, 0.6) is 0 Å². The lowest BCUT2D eigenvalue weighted by Crippen LogP contribution is -2.09. The van der Waals surface area contributed by atoms with E-state index in [0.717, 1.165) is 30.5 Å². The lowest BCUT2D eigenvalue weighted by Gasteiger charge is -2.12. The highest BCUT2D eigenvalue weighted by Gasteiger charge is 2.13. The lowest BCUT2D eigenvalue weighted by atomic mass is 9.94. The molecule has 0 aromatic heterocycles. The van der Waals surface area contributed by atoms with Crippen molar-refractivity contribution >= 4 is 11.5 Å². The van der Waals surface area contributed by atoms with Gasteiger partial charge in [0, 0.05) is 23.9 Å². The minimum atomic E-state index is 0.296. The number of allylic oxidation sites excluding steroid dienone is 1. The zero-order valence-electron chi connectivity index (χ0n) is 8.70. The lowest BCUT2D eigenvalue weighted by molar-refractivity contribution is -0.116. The van der Waals surface area contributed by atoms with Crippen LogP contribution in [0.1, 0.15) is 25.7 Å². The number of hydrogen-bond donors (Lipinski definition) is 1. The number of carbonyl (C=O) groups is 1. The van der Waals surface area contributed by atoms with Crippen molar-refractivity contribution in [1.82, 2.24) is 0 Å². The number of anilines is 1. The highest BCUT2D eigenvalue weighted by atomic mass is 16.1. The van der Waals surface area contributed by atoms with Crippen LogP contribution in [0.2, 0.25) is 0 Å². The Kier molecular flexibility index (Phi) is 3.18. The van der Waals surface area contributed by atoms with Gasteiger partial charge in [-0.1, -0.05) is 18.2 Å². The summed E-state index contributed by atoms with van der Waals surface area (Å²) < 4.78 is 0. The second kappa shape index (κ2) is 4.78. The van der Waals surface area contributed by atoms with E-state index in [2.05, 4.69) is 5.32 Å². The number of Topliss-reactive ketones (excluding diaryl/α,β-unsaturated/α-hetero) is 1. The number of para-hydroxylation sites is 1. The first-order chi connectivity index (χ1) is 7.36. The second-order valence-corrected chi connectivity index (χ2v) is 3.81. The van der Waals surface area contributed by atoms with E-state index < -0.39 is 0 Å². The molecule has 0 bridgehead atoms. The Labute approximate surface area is 90.0 Å². The minimum absolute atomic E-state index is 0.296. The molecule has 1 aromatic carbocycles. The van der Waals surface area contributed by atoms with Gasteiger partial charge in [0.05, 0.1) is 0 Å². The molecule has 0 unspecified atom stereocenters. The molecular formula is C13H15NO. The quantitative estimate of drug-likeness (QED) is 0.745. The van der Waals surface area contributed by atoms with Gasteiger partial charge in [0.25, 0.3) is 0 Å². The van der Waals surface area contributed by atoms with Crippen LogP contribution in [0, 0.1) is 0 Å². The van der Waals surface area contributed by atoms with E-state index in [1.54, 1.807) is 0 Å². The molecule has 15 heavy (non-hydrogen) atoms. The Morgan fingerprint density at radius 3 is 2.53 bits per heavy atom. The highest BCUT2D eigenvalue weighted by Crippen LogP contribution is 2.19. The molecule has 0 heterocycles. The molecule has 0 amide bonds. The van der Waals surface area contributed by atoms with Crippen molar-refractivity contribution in [2.45, 2.75) is 25.7 Å². The maximum atomic E-state index is 11.5. The number of ketones is 1. The molecule has 1 fully saturated rings. The molecule has 78 valence electrons. The first-order valence-electron chi connectivity index (χ1n) is 5.40. The van der Waals surface area contributed by atoms with Crippen molar-refractivity contribution < 1.29 is 4.79 Å². The molecule has 0 atom stereocenters. The van der Waals surface area contributed by atoms with Crippen LogP contribution in [0.25, 0.3) is 0 Å². The smallest absolute Gasteiger partial charge is 0.160 e. The summed E-state index contributed by atoms with van der Waals surface area (Å²) in [6.07, 6.45) is 5.66. The summed E-state index contributed by atoms with van der Waals surface area (Å²) in [4.78, 5) is 11.5. The van der Waals surface area contributed by atoms with Gasteiger partial charge in [-0.2, -0.15) is 0 Å². The maximum absolute atomic E-state index is 11.5. The van der Waals surface area contributed by atoms with E-state index in [4.69, 9.17) is 0 Å². The number of rotatable bonds is 2. The average Bonchev–Trinajstić information content (AvgIpc) is 2.29. The van der Waals surface area contributed by atoms with Crippen LogP contribution in [0.4, 0.5) is 5.69 Å². The van der Waals surface area contributed by atoms with Crippen molar-refractivity contribution in [2.75, 3.05) is 5.32 Å². The van der Waals surface area contributed by atoms with Crippen molar-refractivity contribution in [3.05, 3.63) is 42.1 Å². The SMILES string of the molecule is O=C1CCCCC1=CNc1ccccc1. The zero-order chi connectivity index (χ0) is 10.5. The molecule has 1 aromatic rings. The van der Waals surface area contributed by atoms with Gasteiger partial charge in [-0.3, -0.25) is 4.79 Å². The predicted molar refractivity (Wildman–Crippen MR) is 61.6 cm³/mol. The standard InChI is InChI=1S/C13H15NO/c15-13-9-5-4-6-11(13)10-14-12-7-2-1-3-8-12/h1-3,7-8,10,14H,4-6,9H2. The van der Waals surface area contributed by atoms with Gasteiger partial charge in [-0.25, -0.2) is 0 Å². The Morgan fingerprint density at radius 1 is 1.07 bits per heavy atom. The van der Waals surface area contributed by atoms with E-state index in [0.29, 0.717) is 12.2 Å². The summed E-state index contributed by atoms with van der Waals surface area (Å²) in [7, 11) is 0. The molecular weight excluding hydrogens is 186 g/mol. The van der Waals surface area contributed by atoms with Crippen molar-refractivity contribution in [1.29, 1.82) is 0 Å². The number of nitrogens with one attached hydrogen (secondary N) is 1. The maximum Gasteiger partial charge on any atom is 0.160 e. The van der Waals surface area contributed by atoms with Crippen LogP contribution in [0.15, 0.2) is 42.1 Å². The van der Waals surface area contributed by atoms with Crippen molar-refractivity contribution in [3.8, 4) is 0 Å². The fourth-order valence-electron chi connectivity index (χ4n) is 1.76. The van der Waals surface area contributed by atoms with Gasteiger partial charge in [0.1, 0.15) is 0 Å². The second-order valence-electron chi connectivity index (χ2n) is 3.81. The molecule has 0 aliphatic heterocycles. The zero-order valence-corrected chi connectivity index (χ0v) is 8.70. The third-order valence-electron chi connectivity index (χ3n) is 2.64.